The van der Waals surface area contributed by atoms with Crippen molar-refractivity contribution in [2.24, 2.45) is 5.73 Å². The molecule has 0 aromatic heterocycles. The van der Waals surface area contributed by atoms with Gasteiger partial charge in [-0.1, -0.05) is 24.0 Å². The Morgan fingerprint density at radius 1 is 1.07 bits per heavy atom. The number of benzene rings is 2. The molecule has 8 nitrogen and oxygen atoms in total. The van der Waals surface area contributed by atoms with Crippen LogP contribution in [-0.2, 0) is 14.8 Å². The number of rotatable bonds is 7. The van der Waals surface area contributed by atoms with E-state index in [1.165, 1.54) is 37.3 Å². The number of nitrogens with one attached hydrogen (secondary N) is 2. The molecule has 0 aliphatic carbocycles. The molecule has 0 spiro atoms. The van der Waals surface area contributed by atoms with E-state index in [2.05, 4.69) is 21.9 Å². The Labute approximate surface area is 163 Å². The van der Waals surface area contributed by atoms with E-state index in [-0.39, 0.29) is 29.5 Å². The summed E-state index contributed by atoms with van der Waals surface area (Å²) in [6.07, 6.45) is 0. The maximum Gasteiger partial charge on any atom is 0.252 e. The van der Waals surface area contributed by atoms with Crippen molar-refractivity contribution in [1.82, 2.24) is 4.72 Å². The fourth-order valence-electron chi connectivity index (χ4n) is 2.16. The molecule has 0 saturated heterocycles. The summed E-state index contributed by atoms with van der Waals surface area (Å²) in [6.45, 7) is 1.22. The van der Waals surface area contributed by atoms with E-state index >= 15 is 0 Å². The molecular weight excluding hydrogens is 382 g/mol. The summed E-state index contributed by atoms with van der Waals surface area (Å²) in [5, 5.41) is 2.55. The number of para-hydroxylation sites is 1. The van der Waals surface area contributed by atoms with Gasteiger partial charge in [-0.05, 0) is 36.4 Å². The quantitative estimate of drug-likeness (QED) is 0.599. The minimum absolute atomic E-state index is 0.0303. The number of sulfonamides is 1. The summed E-state index contributed by atoms with van der Waals surface area (Å²) in [4.78, 5) is 22.3. The van der Waals surface area contributed by atoms with Gasteiger partial charge < -0.3 is 15.8 Å². The molecule has 28 heavy (non-hydrogen) atoms. The first-order valence-corrected chi connectivity index (χ1v) is 9.62. The molecule has 0 unspecified atom stereocenters. The zero-order valence-electron chi connectivity index (χ0n) is 15.1. The molecule has 0 radical (unpaired) electrons. The Kier molecular flexibility index (Phi) is 7.14. The lowest BCUT2D eigenvalue weighted by molar-refractivity contribution is -0.114. The molecule has 4 N–H and O–H groups in total. The van der Waals surface area contributed by atoms with Gasteiger partial charge in [0.25, 0.3) is 5.91 Å². The van der Waals surface area contributed by atoms with Crippen molar-refractivity contribution in [2.75, 3.05) is 18.5 Å². The first-order chi connectivity index (χ1) is 13.3. The summed E-state index contributed by atoms with van der Waals surface area (Å²) in [6, 6.07) is 12.2. The van der Waals surface area contributed by atoms with Gasteiger partial charge >= 0.3 is 0 Å². The highest BCUT2D eigenvalue weighted by Gasteiger charge is 2.12. The van der Waals surface area contributed by atoms with Crippen LogP contribution in [-0.4, -0.2) is 33.4 Å². The second-order valence-electron chi connectivity index (χ2n) is 5.53. The molecule has 2 rings (SSSR count). The summed E-state index contributed by atoms with van der Waals surface area (Å²) in [5.41, 5.74) is 5.99. The third-order valence-corrected chi connectivity index (χ3v) is 4.83. The van der Waals surface area contributed by atoms with E-state index in [1.54, 1.807) is 18.2 Å². The lowest BCUT2D eigenvalue weighted by atomic mass is 10.2. The van der Waals surface area contributed by atoms with Crippen LogP contribution in [0.4, 0.5) is 5.69 Å². The molecule has 2 amide bonds. The van der Waals surface area contributed by atoms with E-state index < -0.39 is 15.9 Å². The number of nitrogens with two attached hydrogens (primary N) is 1. The van der Waals surface area contributed by atoms with Gasteiger partial charge in [0.1, 0.15) is 12.4 Å². The van der Waals surface area contributed by atoms with Crippen molar-refractivity contribution >= 4 is 27.5 Å². The van der Waals surface area contributed by atoms with Crippen molar-refractivity contribution in [3.05, 3.63) is 54.1 Å². The second kappa shape index (κ2) is 9.55. The van der Waals surface area contributed by atoms with E-state index in [1.807, 2.05) is 0 Å². The Bertz CT molecular complexity index is 1020. The molecule has 146 valence electrons. The van der Waals surface area contributed by atoms with Crippen molar-refractivity contribution in [3.8, 4) is 17.6 Å². The third kappa shape index (κ3) is 6.12. The zero-order valence-corrected chi connectivity index (χ0v) is 15.9. The summed E-state index contributed by atoms with van der Waals surface area (Å²) >= 11 is 0. The smallest absolute Gasteiger partial charge is 0.252 e. The number of primary amides is 1. The highest BCUT2D eigenvalue weighted by Crippen LogP contribution is 2.16. The number of hydrogen-bond acceptors (Lipinski definition) is 5. The second-order valence-corrected chi connectivity index (χ2v) is 7.30. The average molecular weight is 401 g/mol. The van der Waals surface area contributed by atoms with Gasteiger partial charge in [-0.3, -0.25) is 9.59 Å². The highest BCUT2D eigenvalue weighted by atomic mass is 32.2. The van der Waals surface area contributed by atoms with Crippen LogP contribution < -0.4 is 20.5 Å². The highest BCUT2D eigenvalue weighted by molar-refractivity contribution is 7.89. The fourth-order valence-corrected chi connectivity index (χ4v) is 3.08. The molecule has 0 fully saturated rings. The topological polar surface area (TPSA) is 128 Å². The Hall–Kier alpha value is -3.35. The molecule has 2 aromatic carbocycles. The van der Waals surface area contributed by atoms with Crippen molar-refractivity contribution in [2.45, 2.75) is 11.8 Å². The number of carbonyl (C=O) groups excluding carboxylic acids is 2. The van der Waals surface area contributed by atoms with Crippen LogP contribution in [0.1, 0.15) is 17.3 Å². The predicted molar refractivity (Wildman–Crippen MR) is 104 cm³/mol. The molecule has 0 bridgehead atoms. The van der Waals surface area contributed by atoms with E-state index in [0.717, 1.165) is 0 Å². The molecule has 0 heterocycles. The Morgan fingerprint density at radius 2 is 1.75 bits per heavy atom. The van der Waals surface area contributed by atoms with Crippen LogP contribution in [0.5, 0.6) is 5.75 Å². The minimum atomic E-state index is -3.73. The normalized spacial score (nSPS) is 10.5. The SMILES string of the molecule is CC(=O)Nc1ccc(S(=O)(=O)NCC#CCOc2ccccc2C(N)=O)cc1. The Balaban J connectivity index is 1.88. The fraction of sp³-hybridized carbons (Fsp3) is 0.158. The summed E-state index contributed by atoms with van der Waals surface area (Å²) in [7, 11) is -3.73. The number of anilines is 1. The summed E-state index contributed by atoms with van der Waals surface area (Å²) in [5.74, 6) is 4.74. The van der Waals surface area contributed by atoms with E-state index in [4.69, 9.17) is 10.5 Å². The van der Waals surface area contributed by atoms with Crippen molar-refractivity contribution in [1.29, 1.82) is 0 Å². The van der Waals surface area contributed by atoms with Gasteiger partial charge in [-0.2, -0.15) is 4.72 Å². The first kappa shape index (κ1) is 21.0. The number of hydrogen-bond donors (Lipinski definition) is 3. The predicted octanol–water partition coefficient (Wildman–Crippen LogP) is 1.10. The van der Waals surface area contributed by atoms with Crippen LogP contribution in [0.15, 0.2) is 53.4 Å². The van der Waals surface area contributed by atoms with Gasteiger partial charge in [0.15, 0.2) is 0 Å². The monoisotopic (exact) mass is 401 g/mol. The molecule has 0 aliphatic rings. The molecule has 2 aromatic rings. The van der Waals surface area contributed by atoms with Crippen LogP contribution in [0.25, 0.3) is 0 Å². The van der Waals surface area contributed by atoms with Gasteiger partial charge in [0.05, 0.1) is 17.0 Å². The number of ether oxygens (including phenoxy) is 1. The lowest BCUT2D eigenvalue weighted by Gasteiger charge is -2.06. The minimum Gasteiger partial charge on any atom is -0.480 e. The zero-order chi connectivity index (χ0) is 20.6. The molecule has 9 heteroatoms. The standard InChI is InChI=1S/C19H19N3O5S/c1-14(23)22-15-8-10-16(11-9-15)28(25,26)21-12-4-5-13-27-18-7-3-2-6-17(18)19(20)24/h2-3,6-11,21H,12-13H2,1H3,(H2,20,24)(H,22,23). The lowest BCUT2D eigenvalue weighted by Crippen LogP contribution is -2.24. The van der Waals surface area contributed by atoms with Gasteiger partial charge in [0.2, 0.25) is 15.9 Å². The molecular formula is C19H19N3O5S. The molecule has 0 atom stereocenters. The van der Waals surface area contributed by atoms with Crippen molar-refractivity contribution < 1.29 is 22.7 Å². The number of carbonyl (C=O) groups is 2. The van der Waals surface area contributed by atoms with Gasteiger partial charge in [-0.25, -0.2) is 8.42 Å². The van der Waals surface area contributed by atoms with Gasteiger partial charge in [-0.15, -0.1) is 0 Å². The van der Waals surface area contributed by atoms with E-state index in [9.17, 15) is 18.0 Å². The number of amides is 2. The van der Waals surface area contributed by atoms with Gasteiger partial charge in [0, 0.05) is 12.6 Å². The van der Waals surface area contributed by atoms with Crippen LogP contribution >= 0.6 is 0 Å². The van der Waals surface area contributed by atoms with Crippen molar-refractivity contribution in [3.63, 3.8) is 0 Å². The van der Waals surface area contributed by atoms with Crippen LogP contribution in [0.2, 0.25) is 0 Å². The Morgan fingerprint density at radius 3 is 2.39 bits per heavy atom. The summed E-state index contributed by atoms with van der Waals surface area (Å²) < 4.78 is 32.1. The van der Waals surface area contributed by atoms with E-state index in [0.29, 0.717) is 11.4 Å². The maximum absolute atomic E-state index is 12.2. The third-order valence-electron chi connectivity index (χ3n) is 3.41. The molecule has 0 aliphatic heterocycles. The molecule has 0 saturated carbocycles. The largest absolute Gasteiger partial charge is 0.480 e. The first-order valence-electron chi connectivity index (χ1n) is 8.14. The van der Waals surface area contributed by atoms with Crippen LogP contribution in [0.3, 0.4) is 0 Å². The maximum atomic E-state index is 12.2. The van der Waals surface area contributed by atoms with Crippen LogP contribution in [0, 0.1) is 11.8 Å². The average Bonchev–Trinajstić information content (AvgIpc) is 2.64.